The van der Waals surface area contributed by atoms with Crippen LogP contribution >= 0.6 is 0 Å². The van der Waals surface area contributed by atoms with Crippen molar-refractivity contribution in [2.45, 2.75) is 44.8 Å². The molecule has 0 aromatic heterocycles. The van der Waals surface area contributed by atoms with Crippen LogP contribution in [0.15, 0.2) is 60.7 Å². The van der Waals surface area contributed by atoms with Crippen LogP contribution in [-0.2, 0) is 20.7 Å². The molecule has 0 aliphatic heterocycles. The normalized spacial score (nSPS) is 13.4. The van der Waals surface area contributed by atoms with Crippen LogP contribution in [0.1, 0.15) is 43.4 Å². The van der Waals surface area contributed by atoms with Crippen molar-refractivity contribution in [3.8, 4) is 16.9 Å². The summed E-state index contributed by atoms with van der Waals surface area (Å²) >= 11 is 0. The molecule has 1 N–H and O–H groups in total. The number of fused-ring (bicyclic) bond motifs is 3. The maximum Gasteiger partial charge on any atom is 0.407 e. The maximum absolute atomic E-state index is 14.8. The highest BCUT2D eigenvalue weighted by Gasteiger charge is 2.31. The van der Waals surface area contributed by atoms with Gasteiger partial charge in [0, 0.05) is 30.0 Å². The molecule has 0 heterocycles. The number of carbonyl (C=O) groups excluding carboxylic acids is 2. The molecular formula is C29H29F2NO5. The van der Waals surface area contributed by atoms with Crippen LogP contribution in [0.2, 0.25) is 0 Å². The van der Waals surface area contributed by atoms with Gasteiger partial charge in [-0.3, -0.25) is 0 Å². The van der Waals surface area contributed by atoms with Gasteiger partial charge < -0.3 is 19.5 Å². The predicted octanol–water partition coefficient (Wildman–Crippen LogP) is 5.76. The van der Waals surface area contributed by atoms with Gasteiger partial charge >= 0.3 is 12.1 Å². The molecule has 0 unspecified atom stereocenters. The molecule has 0 saturated carbocycles. The highest BCUT2D eigenvalue weighted by molar-refractivity contribution is 5.82. The van der Waals surface area contributed by atoms with Crippen LogP contribution in [0.3, 0.4) is 0 Å². The number of amides is 1. The van der Waals surface area contributed by atoms with E-state index in [2.05, 4.69) is 5.32 Å². The third-order valence-corrected chi connectivity index (χ3v) is 6.07. The summed E-state index contributed by atoms with van der Waals surface area (Å²) in [6, 6.07) is 16.5. The van der Waals surface area contributed by atoms with Gasteiger partial charge in [0.2, 0.25) is 0 Å². The highest BCUT2D eigenvalue weighted by Crippen LogP contribution is 2.44. The monoisotopic (exact) mass is 509 g/mol. The molecular weight excluding hydrogens is 480 g/mol. The molecule has 0 spiro atoms. The topological polar surface area (TPSA) is 73.9 Å². The Balaban J connectivity index is 1.46. The third kappa shape index (κ3) is 5.90. The van der Waals surface area contributed by atoms with Crippen molar-refractivity contribution in [1.82, 2.24) is 5.32 Å². The second-order valence-corrected chi connectivity index (χ2v) is 9.83. The minimum atomic E-state index is -1.36. The van der Waals surface area contributed by atoms with Crippen molar-refractivity contribution in [3.63, 3.8) is 0 Å². The molecule has 0 bridgehead atoms. The molecule has 0 radical (unpaired) electrons. The Morgan fingerprint density at radius 3 is 2.00 bits per heavy atom. The van der Waals surface area contributed by atoms with Gasteiger partial charge in [0.05, 0.1) is 7.11 Å². The summed E-state index contributed by atoms with van der Waals surface area (Å²) in [6.45, 7) is 5.28. The van der Waals surface area contributed by atoms with Crippen molar-refractivity contribution in [1.29, 1.82) is 0 Å². The largest absolute Gasteiger partial charge is 0.488 e. The van der Waals surface area contributed by atoms with Gasteiger partial charge in [-0.05, 0) is 43.0 Å². The Hall–Kier alpha value is -3.94. The van der Waals surface area contributed by atoms with E-state index in [1.807, 2.05) is 48.5 Å². The fourth-order valence-corrected chi connectivity index (χ4v) is 4.51. The number of benzene rings is 3. The van der Waals surface area contributed by atoms with Gasteiger partial charge in [0.15, 0.2) is 0 Å². The second kappa shape index (κ2) is 10.6. The molecule has 1 atom stereocenters. The van der Waals surface area contributed by atoms with Gasteiger partial charge in [0.1, 0.15) is 35.6 Å². The van der Waals surface area contributed by atoms with E-state index in [1.54, 1.807) is 20.8 Å². The molecule has 6 nitrogen and oxygen atoms in total. The van der Waals surface area contributed by atoms with Crippen molar-refractivity contribution in [3.05, 3.63) is 89.0 Å². The molecule has 0 saturated heterocycles. The fraction of sp³-hybridized carbons (Fsp3) is 0.310. The predicted molar refractivity (Wildman–Crippen MR) is 134 cm³/mol. The molecule has 0 fully saturated rings. The van der Waals surface area contributed by atoms with E-state index < -0.39 is 41.8 Å². The zero-order valence-electron chi connectivity index (χ0n) is 21.1. The van der Waals surface area contributed by atoms with Gasteiger partial charge in [-0.15, -0.1) is 0 Å². The molecule has 1 amide bonds. The average molecular weight is 510 g/mol. The zero-order valence-corrected chi connectivity index (χ0v) is 21.1. The summed E-state index contributed by atoms with van der Waals surface area (Å²) in [5, 5.41) is 2.40. The van der Waals surface area contributed by atoms with Crippen LogP contribution in [0.25, 0.3) is 11.1 Å². The number of rotatable bonds is 7. The van der Waals surface area contributed by atoms with Crippen LogP contribution in [0.5, 0.6) is 5.75 Å². The minimum Gasteiger partial charge on any atom is -0.488 e. The summed E-state index contributed by atoms with van der Waals surface area (Å²) in [5.74, 6) is -2.82. The summed E-state index contributed by atoms with van der Waals surface area (Å²) in [5.41, 5.74) is 3.18. The Kier molecular flexibility index (Phi) is 7.47. The molecule has 4 rings (SSSR count). The number of halogens is 2. The maximum atomic E-state index is 14.8. The van der Waals surface area contributed by atoms with Gasteiger partial charge in [0.25, 0.3) is 0 Å². The first-order valence-electron chi connectivity index (χ1n) is 11.9. The Bertz CT molecular complexity index is 1250. The van der Waals surface area contributed by atoms with Crippen molar-refractivity contribution in [2.24, 2.45) is 0 Å². The number of hydrogen-bond acceptors (Lipinski definition) is 5. The Morgan fingerprint density at radius 2 is 1.49 bits per heavy atom. The first-order chi connectivity index (χ1) is 17.6. The lowest BCUT2D eigenvalue weighted by atomic mass is 9.98. The van der Waals surface area contributed by atoms with Gasteiger partial charge in [-0.2, -0.15) is 0 Å². The third-order valence-electron chi connectivity index (χ3n) is 6.07. The van der Waals surface area contributed by atoms with E-state index >= 15 is 0 Å². The van der Waals surface area contributed by atoms with E-state index in [-0.39, 0.29) is 23.8 Å². The number of methoxy groups -OCH3 is 1. The molecule has 1 aliphatic rings. The second-order valence-electron chi connectivity index (χ2n) is 9.83. The van der Waals surface area contributed by atoms with E-state index in [0.29, 0.717) is 0 Å². The van der Waals surface area contributed by atoms with Crippen LogP contribution in [0.4, 0.5) is 13.6 Å². The zero-order chi connectivity index (χ0) is 26.7. The highest BCUT2D eigenvalue weighted by atomic mass is 19.1. The molecule has 1 aliphatic carbocycles. The number of hydrogen-bond donors (Lipinski definition) is 1. The van der Waals surface area contributed by atoms with Crippen molar-refractivity contribution < 1.29 is 32.6 Å². The number of carbonyl (C=O) groups is 2. The van der Waals surface area contributed by atoms with Crippen molar-refractivity contribution >= 4 is 12.1 Å². The molecule has 8 heteroatoms. The van der Waals surface area contributed by atoms with Crippen LogP contribution in [0, 0.1) is 11.6 Å². The standard InChI is InChI=1S/C29H29F2NO5/c1-29(2,3)37-17-13-24(30)22(25(31)14-17)15-26(27(33)35-4)32-28(34)36-16-23-20-11-7-5-9-18(20)19-10-6-8-12-21(19)23/h5-14,23,26H,15-16H2,1-4H3,(H,32,34)/t26-/m0/s1. The lowest BCUT2D eigenvalue weighted by Crippen LogP contribution is -2.44. The average Bonchev–Trinajstić information content (AvgIpc) is 3.16. The van der Waals surface area contributed by atoms with E-state index in [9.17, 15) is 18.4 Å². The number of ether oxygens (including phenoxy) is 3. The fourth-order valence-electron chi connectivity index (χ4n) is 4.51. The summed E-state index contributed by atoms with van der Waals surface area (Å²) in [4.78, 5) is 25.0. The Morgan fingerprint density at radius 1 is 0.946 bits per heavy atom. The van der Waals surface area contributed by atoms with Gasteiger partial charge in [-0.1, -0.05) is 48.5 Å². The smallest absolute Gasteiger partial charge is 0.407 e. The number of nitrogens with one attached hydrogen (secondary N) is 1. The summed E-state index contributed by atoms with van der Waals surface area (Å²) in [7, 11) is 1.13. The van der Waals surface area contributed by atoms with E-state index in [4.69, 9.17) is 14.2 Å². The molecule has 3 aromatic carbocycles. The van der Waals surface area contributed by atoms with Crippen molar-refractivity contribution in [2.75, 3.05) is 13.7 Å². The summed E-state index contributed by atoms with van der Waals surface area (Å²) in [6.07, 6.45) is -1.37. The number of esters is 1. The molecule has 37 heavy (non-hydrogen) atoms. The number of alkyl carbamates (subject to hydrolysis) is 1. The molecule has 3 aromatic rings. The minimum absolute atomic E-state index is 0.0189. The first-order valence-corrected chi connectivity index (χ1v) is 11.9. The lowest BCUT2D eigenvalue weighted by molar-refractivity contribution is -0.143. The van der Waals surface area contributed by atoms with Crippen LogP contribution in [-0.4, -0.2) is 37.4 Å². The van der Waals surface area contributed by atoms with Crippen LogP contribution < -0.4 is 10.1 Å². The summed E-state index contributed by atoms with van der Waals surface area (Å²) < 4.78 is 45.3. The lowest BCUT2D eigenvalue weighted by Gasteiger charge is -2.22. The first kappa shape index (κ1) is 26.1. The Labute approximate surface area is 214 Å². The van der Waals surface area contributed by atoms with Gasteiger partial charge in [-0.25, -0.2) is 18.4 Å². The quantitative estimate of drug-likeness (QED) is 0.410. The van der Waals surface area contributed by atoms with E-state index in [0.717, 1.165) is 41.5 Å². The SMILES string of the molecule is COC(=O)[C@H](Cc1c(F)cc(OC(C)(C)C)cc1F)NC(=O)OCC1c2ccccc2-c2ccccc21. The van der Waals surface area contributed by atoms with E-state index in [1.165, 1.54) is 0 Å². The molecule has 194 valence electrons.